The third-order valence-electron chi connectivity index (χ3n) is 3.81. The summed E-state index contributed by atoms with van der Waals surface area (Å²) in [4.78, 5) is 14.9. The van der Waals surface area contributed by atoms with Crippen molar-refractivity contribution in [3.63, 3.8) is 0 Å². The Labute approximate surface area is 159 Å². The number of halogens is 2. The number of aromatic nitrogens is 2. The predicted octanol–water partition coefficient (Wildman–Crippen LogP) is 2.92. The van der Waals surface area contributed by atoms with Gasteiger partial charge in [-0.1, -0.05) is 0 Å². The Kier molecular flexibility index (Phi) is 5.41. The summed E-state index contributed by atoms with van der Waals surface area (Å²) < 4.78 is 59.8. The van der Waals surface area contributed by atoms with Crippen molar-refractivity contribution in [2.75, 3.05) is 7.05 Å². The molecule has 146 valence electrons. The van der Waals surface area contributed by atoms with E-state index in [1.807, 2.05) is 0 Å². The summed E-state index contributed by atoms with van der Waals surface area (Å²) in [5, 5.41) is 2.26. The molecule has 7 nitrogen and oxygen atoms in total. The molecule has 2 heterocycles. The Morgan fingerprint density at radius 3 is 2.71 bits per heavy atom. The summed E-state index contributed by atoms with van der Waals surface area (Å²) in [5.74, 6) is -1.54. The van der Waals surface area contributed by atoms with E-state index in [0.29, 0.717) is 0 Å². The van der Waals surface area contributed by atoms with Crippen LogP contribution in [-0.2, 0) is 21.4 Å². The van der Waals surface area contributed by atoms with Crippen LogP contribution in [-0.4, -0.2) is 30.5 Å². The van der Waals surface area contributed by atoms with Crippen molar-refractivity contribution in [2.24, 2.45) is 0 Å². The Morgan fingerprint density at radius 1 is 1.25 bits per heavy atom. The number of hydrogen-bond donors (Lipinski definition) is 1. The molecule has 3 rings (SSSR count). The number of hydrogen-bond acceptors (Lipinski definition) is 5. The number of alkyl carbamates (subject to hydrolysis) is 1. The van der Waals surface area contributed by atoms with E-state index in [1.165, 1.54) is 37.6 Å². The minimum atomic E-state index is -4.16. The Balaban J connectivity index is 2.15. The number of amides is 1. The first-order valence-corrected chi connectivity index (χ1v) is 9.43. The SMILES string of the molecule is CNC(=O)OCc1cc(-c2cc(F)ccc2F)n(S(=O)(=O)c2cccnc2)c1. The number of nitrogens with one attached hydrogen (secondary N) is 1. The van der Waals surface area contributed by atoms with Crippen molar-refractivity contribution in [2.45, 2.75) is 11.5 Å². The van der Waals surface area contributed by atoms with Crippen molar-refractivity contribution < 1.29 is 26.7 Å². The van der Waals surface area contributed by atoms with Gasteiger partial charge in [-0.3, -0.25) is 4.98 Å². The fraction of sp³-hybridized carbons (Fsp3) is 0.111. The van der Waals surface area contributed by atoms with Crippen molar-refractivity contribution in [1.82, 2.24) is 14.3 Å². The zero-order chi connectivity index (χ0) is 20.3. The third kappa shape index (κ3) is 3.86. The standard InChI is InChI=1S/C18H15F2N3O4S/c1-21-18(24)27-11-12-7-17(15-8-13(19)4-5-16(15)20)23(10-12)28(25,26)14-3-2-6-22-9-14/h2-10H,11H2,1H3,(H,21,24). The molecule has 0 atom stereocenters. The number of carbonyl (C=O) groups is 1. The van der Waals surface area contributed by atoms with Crippen LogP contribution in [0.3, 0.4) is 0 Å². The van der Waals surface area contributed by atoms with Gasteiger partial charge in [0.2, 0.25) is 0 Å². The fourth-order valence-electron chi connectivity index (χ4n) is 2.50. The van der Waals surface area contributed by atoms with E-state index < -0.39 is 27.8 Å². The number of benzene rings is 1. The monoisotopic (exact) mass is 407 g/mol. The first-order chi connectivity index (χ1) is 13.3. The molecule has 0 spiro atoms. The highest BCUT2D eigenvalue weighted by molar-refractivity contribution is 7.90. The van der Waals surface area contributed by atoms with Gasteiger partial charge in [0.1, 0.15) is 23.1 Å². The van der Waals surface area contributed by atoms with Gasteiger partial charge in [-0.25, -0.2) is 26.0 Å². The summed E-state index contributed by atoms with van der Waals surface area (Å²) in [6.07, 6.45) is 3.01. The van der Waals surface area contributed by atoms with Gasteiger partial charge in [0.25, 0.3) is 10.0 Å². The van der Waals surface area contributed by atoms with Crippen LogP contribution in [0.4, 0.5) is 13.6 Å². The molecule has 10 heteroatoms. The maximum Gasteiger partial charge on any atom is 0.407 e. The lowest BCUT2D eigenvalue weighted by atomic mass is 10.1. The zero-order valence-corrected chi connectivity index (χ0v) is 15.4. The van der Waals surface area contributed by atoms with Gasteiger partial charge in [-0.15, -0.1) is 0 Å². The molecule has 3 aromatic rings. The van der Waals surface area contributed by atoms with Crippen molar-refractivity contribution in [3.05, 3.63) is 72.2 Å². The van der Waals surface area contributed by atoms with Gasteiger partial charge in [-0.2, -0.15) is 0 Å². The molecule has 0 aliphatic heterocycles. The molecule has 1 aromatic carbocycles. The molecule has 0 saturated carbocycles. The molecule has 28 heavy (non-hydrogen) atoms. The van der Waals surface area contributed by atoms with Crippen molar-refractivity contribution >= 4 is 16.1 Å². The van der Waals surface area contributed by atoms with Crippen LogP contribution >= 0.6 is 0 Å². The molecule has 0 aliphatic carbocycles. The smallest absolute Gasteiger partial charge is 0.407 e. The summed E-state index contributed by atoms with van der Waals surface area (Å²) in [6, 6.07) is 6.80. The van der Waals surface area contributed by atoms with Gasteiger partial charge >= 0.3 is 6.09 Å². The van der Waals surface area contributed by atoms with E-state index in [0.717, 1.165) is 28.4 Å². The lowest BCUT2D eigenvalue weighted by molar-refractivity contribution is 0.142. The average Bonchev–Trinajstić information content (AvgIpc) is 3.13. The topological polar surface area (TPSA) is 90.3 Å². The average molecular weight is 407 g/mol. The lowest BCUT2D eigenvalue weighted by Gasteiger charge is -2.11. The highest BCUT2D eigenvalue weighted by Crippen LogP contribution is 2.29. The molecule has 1 N–H and O–H groups in total. The van der Waals surface area contributed by atoms with Gasteiger partial charge in [-0.05, 0) is 36.4 Å². The van der Waals surface area contributed by atoms with E-state index in [9.17, 15) is 22.0 Å². The molecule has 1 amide bonds. The minimum Gasteiger partial charge on any atom is -0.445 e. The number of nitrogens with zero attached hydrogens (tertiary/aromatic N) is 2. The van der Waals surface area contributed by atoms with Gasteiger partial charge in [0.15, 0.2) is 0 Å². The maximum absolute atomic E-state index is 14.3. The van der Waals surface area contributed by atoms with Crippen LogP contribution in [0.25, 0.3) is 11.3 Å². The number of ether oxygens (including phenoxy) is 1. The summed E-state index contributed by atoms with van der Waals surface area (Å²) in [7, 11) is -2.79. The summed E-state index contributed by atoms with van der Waals surface area (Å²) in [6.45, 7) is -0.265. The summed E-state index contributed by atoms with van der Waals surface area (Å²) >= 11 is 0. The Bertz CT molecular complexity index is 1120. The first-order valence-electron chi connectivity index (χ1n) is 7.99. The molecular formula is C18H15F2N3O4S. The Hall–Kier alpha value is -3.27. The van der Waals surface area contributed by atoms with E-state index >= 15 is 0 Å². The predicted molar refractivity (Wildman–Crippen MR) is 95.8 cm³/mol. The lowest BCUT2D eigenvalue weighted by Crippen LogP contribution is -2.18. The largest absolute Gasteiger partial charge is 0.445 e. The second-order valence-electron chi connectivity index (χ2n) is 5.67. The van der Waals surface area contributed by atoms with Gasteiger partial charge in [0.05, 0.1) is 5.69 Å². The molecule has 0 unspecified atom stereocenters. The van der Waals surface area contributed by atoms with Crippen molar-refractivity contribution in [1.29, 1.82) is 0 Å². The molecule has 0 saturated heterocycles. The van der Waals surface area contributed by atoms with E-state index in [1.54, 1.807) is 0 Å². The second-order valence-corrected chi connectivity index (χ2v) is 7.49. The molecular weight excluding hydrogens is 392 g/mol. The van der Waals surface area contributed by atoms with Gasteiger partial charge < -0.3 is 10.1 Å². The maximum atomic E-state index is 14.3. The van der Waals surface area contributed by atoms with Crippen molar-refractivity contribution in [3.8, 4) is 11.3 Å². The Morgan fingerprint density at radius 2 is 2.04 bits per heavy atom. The number of rotatable bonds is 5. The molecule has 0 bridgehead atoms. The van der Waals surface area contributed by atoms with Crippen LogP contribution in [0.15, 0.2) is 59.9 Å². The highest BCUT2D eigenvalue weighted by Gasteiger charge is 2.24. The zero-order valence-electron chi connectivity index (χ0n) is 14.6. The number of pyridine rings is 1. The molecule has 0 fully saturated rings. The molecule has 2 aromatic heterocycles. The number of carbonyl (C=O) groups excluding carboxylic acids is 1. The molecule has 0 aliphatic rings. The highest BCUT2D eigenvalue weighted by atomic mass is 32.2. The third-order valence-corrected chi connectivity index (χ3v) is 5.47. The van der Waals surface area contributed by atoms with Crippen LogP contribution in [0.1, 0.15) is 5.56 Å². The van der Waals surface area contributed by atoms with E-state index in [2.05, 4.69) is 10.3 Å². The van der Waals surface area contributed by atoms with Crippen LogP contribution < -0.4 is 5.32 Å². The fourth-order valence-corrected chi connectivity index (χ4v) is 3.85. The van der Waals surface area contributed by atoms with E-state index in [-0.39, 0.29) is 28.3 Å². The van der Waals surface area contributed by atoms with Gasteiger partial charge in [0, 0.05) is 36.8 Å². The van der Waals surface area contributed by atoms with Crippen LogP contribution in [0.2, 0.25) is 0 Å². The quantitative estimate of drug-likeness (QED) is 0.702. The normalized spacial score (nSPS) is 11.2. The first kappa shape index (κ1) is 19.5. The van der Waals surface area contributed by atoms with Crippen LogP contribution in [0.5, 0.6) is 0 Å². The minimum absolute atomic E-state index is 0.114. The van der Waals surface area contributed by atoms with Crippen LogP contribution in [0, 0.1) is 11.6 Å². The molecule has 0 radical (unpaired) electrons. The second kappa shape index (κ2) is 7.77. The summed E-state index contributed by atoms with van der Waals surface area (Å²) in [5.41, 5.74) is -0.0928. The van der Waals surface area contributed by atoms with E-state index in [4.69, 9.17) is 4.74 Å².